The van der Waals surface area contributed by atoms with Gasteiger partial charge in [0.15, 0.2) is 11.3 Å². The van der Waals surface area contributed by atoms with Crippen molar-refractivity contribution >= 4 is 22.9 Å². The normalized spacial score (nSPS) is 16.1. The van der Waals surface area contributed by atoms with Gasteiger partial charge in [0.1, 0.15) is 5.56 Å². The topological polar surface area (TPSA) is 53.7 Å². The Balaban J connectivity index is 1.83. The number of alkyl halides is 3. The fourth-order valence-electron chi connectivity index (χ4n) is 3.19. The standard InChI is InChI=1S/C18H18F3N5OS/c1-11-3-4-14(28-11)13-9-15(18(19,20)21)26-16(23-13)12(10-22-26)17(27)25-7-5-24(2)6-8-25/h3-4,9-10H,5-8H2,1-2H3. The minimum atomic E-state index is -4.62. The molecule has 148 valence electrons. The smallest absolute Gasteiger partial charge is 0.336 e. The van der Waals surface area contributed by atoms with E-state index in [2.05, 4.69) is 15.0 Å². The Morgan fingerprint density at radius 1 is 1.18 bits per heavy atom. The van der Waals surface area contributed by atoms with Crippen LogP contribution in [0.3, 0.4) is 0 Å². The van der Waals surface area contributed by atoms with Gasteiger partial charge in [-0.1, -0.05) is 0 Å². The third-order valence-electron chi connectivity index (χ3n) is 4.78. The number of carbonyl (C=O) groups is 1. The fraction of sp³-hybridized carbons (Fsp3) is 0.389. The molecule has 28 heavy (non-hydrogen) atoms. The zero-order chi connectivity index (χ0) is 20.1. The quantitative estimate of drug-likeness (QED) is 0.653. The number of hydrogen-bond donors (Lipinski definition) is 0. The van der Waals surface area contributed by atoms with E-state index in [-0.39, 0.29) is 22.8 Å². The summed E-state index contributed by atoms with van der Waals surface area (Å²) in [5.74, 6) is -0.344. The molecule has 3 aromatic rings. The third kappa shape index (κ3) is 3.37. The number of nitrogens with zero attached hydrogens (tertiary/aromatic N) is 5. The van der Waals surface area contributed by atoms with E-state index in [1.807, 2.05) is 20.0 Å². The van der Waals surface area contributed by atoms with Crippen LogP contribution in [0, 0.1) is 6.92 Å². The van der Waals surface area contributed by atoms with Crippen LogP contribution in [0.4, 0.5) is 13.2 Å². The molecular weight excluding hydrogens is 391 g/mol. The van der Waals surface area contributed by atoms with Gasteiger partial charge >= 0.3 is 6.18 Å². The number of fused-ring (bicyclic) bond motifs is 1. The number of amides is 1. The van der Waals surface area contributed by atoms with Crippen LogP contribution < -0.4 is 0 Å². The summed E-state index contributed by atoms with van der Waals surface area (Å²) >= 11 is 1.35. The highest BCUT2D eigenvalue weighted by molar-refractivity contribution is 7.15. The Morgan fingerprint density at radius 2 is 1.89 bits per heavy atom. The van der Waals surface area contributed by atoms with Gasteiger partial charge in [0.25, 0.3) is 5.91 Å². The maximum Gasteiger partial charge on any atom is 0.433 e. The molecule has 0 bridgehead atoms. The van der Waals surface area contributed by atoms with Crippen LogP contribution in [0.1, 0.15) is 20.9 Å². The van der Waals surface area contributed by atoms with E-state index in [9.17, 15) is 18.0 Å². The fourth-order valence-corrected chi connectivity index (χ4v) is 4.02. The summed E-state index contributed by atoms with van der Waals surface area (Å²) < 4.78 is 41.6. The summed E-state index contributed by atoms with van der Waals surface area (Å²) in [4.78, 5) is 22.6. The van der Waals surface area contributed by atoms with Crippen molar-refractivity contribution in [2.45, 2.75) is 13.1 Å². The second kappa shape index (κ2) is 6.85. The molecule has 0 N–H and O–H groups in total. The first-order valence-electron chi connectivity index (χ1n) is 8.74. The summed E-state index contributed by atoms with van der Waals surface area (Å²) in [5, 5.41) is 3.84. The van der Waals surface area contributed by atoms with E-state index in [1.165, 1.54) is 17.5 Å². The van der Waals surface area contributed by atoms with E-state index < -0.39 is 11.9 Å². The second-order valence-electron chi connectivity index (χ2n) is 6.82. The maximum atomic E-state index is 13.6. The number of aromatic nitrogens is 3. The number of hydrogen-bond acceptors (Lipinski definition) is 5. The van der Waals surface area contributed by atoms with Gasteiger partial charge < -0.3 is 9.80 Å². The van der Waals surface area contributed by atoms with E-state index >= 15 is 0 Å². The highest BCUT2D eigenvalue weighted by atomic mass is 32.1. The van der Waals surface area contributed by atoms with Crippen molar-refractivity contribution in [3.8, 4) is 10.6 Å². The SMILES string of the molecule is Cc1ccc(-c2cc(C(F)(F)F)n3ncc(C(=O)N4CCN(C)CC4)c3n2)s1. The highest BCUT2D eigenvalue weighted by Crippen LogP contribution is 2.34. The zero-order valence-electron chi connectivity index (χ0n) is 15.3. The summed E-state index contributed by atoms with van der Waals surface area (Å²) in [6.45, 7) is 4.33. The third-order valence-corrected chi connectivity index (χ3v) is 5.80. The van der Waals surface area contributed by atoms with Crippen molar-refractivity contribution in [3.63, 3.8) is 0 Å². The minimum absolute atomic E-state index is 0.0696. The Bertz CT molecular complexity index is 1030. The molecule has 10 heteroatoms. The molecule has 3 aromatic heterocycles. The predicted octanol–water partition coefficient (Wildman–Crippen LogP) is 3.17. The Labute approximate surface area is 163 Å². The lowest BCUT2D eigenvalue weighted by molar-refractivity contribution is -0.142. The molecular formula is C18H18F3N5OS. The molecule has 0 saturated carbocycles. The maximum absolute atomic E-state index is 13.6. The van der Waals surface area contributed by atoms with Crippen LogP contribution in [0.15, 0.2) is 24.4 Å². The van der Waals surface area contributed by atoms with E-state index in [0.29, 0.717) is 35.6 Å². The van der Waals surface area contributed by atoms with Crippen LogP contribution in [0.5, 0.6) is 0 Å². The molecule has 1 amide bonds. The summed E-state index contributed by atoms with van der Waals surface area (Å²) in [5.41, 5.74) is -0.744. The molecule has 0 unspecified atom stereocenters. The van der Waals surface area contributed by atoms with E-state index in [4.69, 9.17) is 0 Å². The van der Waals surface area contributed by atoms with Gasteiger partial charge in [-0.25, -0.2) is 9.50 Å². The molecule has 0 aromatic carbocycles. The van der Waals surface area contributed by atoms with Crippen molar-refractivity contribution < 1.29 is 18.0 Å². The Kier molecular flexibility index (Phi) is 4.62. The average Bonchev–Trinajstić information content (AvgIpc) is 3.26. The van der Waals surface area contributed by atoms with Gasteiger partial charge in [0.2, 0.25) is 0 Å². The molecule has 0 atom stereocenters. The molecule has 1 aliphatic rings. The number of aryl methyl sites for hydroxylation is 1. The minimum Gasteiger partial charge on any atom is -0.336 e. The van der Waals surface area contributed by atoms with Crippen molar-refractivity contribution in [3.05, 3.63) is 40.5 Å². The van der Waals surface area contributed by atoms with Crippen LogP contribution in [-0.2, 0) is 6.18 Å². The molecule has 0 radical (unpaired) electrons. The van der Waals surface area contributed by atoms with E-state index in [1.54, 1.807) is 11.0 Å². The van der Waals surface area contributed by atoms with E-state index in [0.717, 1.165) is 10.9 Å². The summed E-state index contributed by atoms with van der Waals surface area (Å²) in [7, 11) is 1.96. The molecule has 1 fully saturated rings. The van der Waals surface area contributed by atoms with Gasteiger partial charge in [0.05, 0.1) is 16.8 Å². The van der Waals surface area contributed by atoms with Gasteiger partial charge in [-0.05, 0) is 32.2 Å². The lowest BCUT2D eigenvalue weighted by Gasteiger charge is -2.32. The van der Waals surface area contributed by atoms with Crippen LogP contribution in [0.25, 0.3) is 16.2 Å². The Hall–Kier alpha value is -2.46. The number of rotatable bonds is 2. The van der Waals surface area contributed by atoms with Crippen molar-refractivity contribution in [2.75, 3.05) is 33.2 Å². The highest BCUT2D eigenvalue weighted by Gasteiger charge is 2.36. The first kappa shape index (κ1) is 18.9. The number of likely N-dealkylation sites (N-methyl/N-ethyl adjacent to an activating group) is 1. The zero-order valence-corrected chi connectivity index (χ0v) is 16.1. The first-order chi connectivity index (χ1) is 13.2. The monoisotopic (exact) mass is 409 g/mol. The molecule has 1 saturated heterocycles. The lowest BCUT2D eigenvalue weighted by atomic mass is 10.2. The second-order valence-corrected chi connectivity index (χ2v) is 8.11. The number of halogens is 3. The summed E-state index contributed by atoms with van der Waals surface area (Å²) in [6, 6.07) is 4.54. The molecule has 0 aliphatic carbocycles. The van der Waals surface area contributed by atoms with Gasteiger partial charge in [-0.15, -0.1) is 11.3 Å². The largest absolute Gasteiger partial charge is 0.433 e. The molecule has 0 spiro atoms. The average molecular weight is 409 g/mol. The summed E-state index contributed by atoms with van der Waals surface area (Å²) in [6.07, 6.45) is -3.44. The van der Waals surface area contributed by atoms with Gasteiger partial charge in [-0.3, -0.25) is 4.79 Å². The van der Waals surface area contributed by atoms with Crippen LogP contribution in [-0.4, -0.2) is 63.5 Å². The molecule has 1 aliphatic heterocycles. The van der Waals surface area contributed by atoms with Crippen LogP contribution in [0.2, 0.25) is 0 Å². The lowest BCUT2D eigenvalue weighted by Crippen LogP contribution is -2.47. The van der Waals surface area contributed by atoms with Crippen LogP contribution >= 0.6 is 11.3 Å². The first-order valence-corrected chi connectivity index (χ1v) is 9.56. The molecule has 6 nitrogen and oxygen atoms in total. The Morgan fingerprint density at radius 3 is 2.50 bits per heavy atom. The number of carbonyl (C=O) groups excluding carboxylic acids is 1. The van der Waals surface area contributed by atoms with Crippen molar-refractivity contribution in [1.29, 1.82) is 0 Å². The molecule has 4 rings (SSSR count). The van der Waals surface area contributed by atoms with Gasteiger partial charge in [-0.2, -0.15) is 18.3 Å². The van der Waals surface area contributed by atoms with Gasteiger partial charge in [0, 0.05) is 31.1 Å². The number of piperazine rings is 1. The van der Waals surface area contributed by atoms with Crippen molar-refractivity contribution in [1.82, 2.24) is 24.4 Å². The molecule has 4 heterocycles. The predicted molar refractivity (Wildman–Crippen MR) is 99.4 cm³/mol. The van der Waals surface area contributed by atoms with Crippen molar-refractivity contribution in [2.24, 2.45) is 0 Å². The number of thiophene rings is 1.